The lowest BCUT2D eigenvalue weighted by atomic mass is 10.1. The quantitative estimate of drug-likeness (QED) is 0.734. The molecule has 2 aromatic carbocycles. The van der Waals surface area contributed by atoms with E-state index in [0.717, 1.165) is 5.39 Å². The van der Waals surface area contributed by atoms with Gasteiger partial charge in [-0.05, 0) is 30.3 Å². The molecule has 1 atom stereocenters. The van der Waals surface area contributed by atoms with Crippen LogP contribution in [0.3, 0.4) is 0 Å². The maximum Gasteiger partial charge on any atom is 0.138 e. The van der Waals surface area contributed by atoms with E-state index in [1.54, 1.807) is 36.4 Å². The van der Waals surface area contributed by atoms with E-state index in [1.807, 2.05) is 12.1 Å². The van der Waals surface area contributed by atoms with Gasteiger partial charge in [0.2, 0.25) is 0 Å². The van der Waals surface area contributed by atoms with Crippen molar-refractivity contribution in [3.8, 4) is 0 Å². The molecule has 0 aliphatic rings. The standard InChI is InChI=1S/C15H10Cl2O2/c16-10-5-6-13-9(7-10)8-14(19-13)15(18)11-3-1-2-4-12(11)17/h1-8,15,18H. The summed E-state index contributed by atoms with van der Waals surface area (Å²) in [5, 5.41) is 12.3. The number of hydrogen-bond donors (Lipinski definition) is 1. The van der Waals surface area contributed by atoms with Gasteiger partial charge in [-0.3, -0.25) is 0 Å². The Hall–Kier alpha value is -1.48. The van der Waals surface area contributed by atoms with E-state index in [9.17, 15) is 5.11 Å². The molecule has 0 aliphatic carbocycles. The number of benzene rings is 2. The molecule has 0 saturated carbocycles. The van der Waals surface area contributed by atoms with Crippen molar-refractivity contribution in [2.45, 2.75) is 6.10 Å². The van der Waals surface area contributed by atoms with Crippen molar-refractivity contribution in [3.05, 3.63) is 69.9 Å². The molecular formula is C15H10Cl2O2. The summed E-state index contributed by atoms with van der Waals surface area (Å²) in [5.74, 6) is 0.449. The first kappa shape index (κ1) is 12.5. The lowest BCUT2D eigenvalue weighted by Gasteiger charge is -2.09. The monoisotopic (exact) mass is 292 g/mol. The van der Waals surface area contributed by atoms with Gasteiger partial charge in [-0.1, -0.05) is 41.4 Å². The maximum absolute atomic E-state index is 10.3. The average molecular weight is 293 g/mol. The summed E-state index contributed by atoms with van der Waals surface area (Å²) in [6.07, 6.45) is -0.889. The second-order valence-electron chi connectivity index (χ2n) is 4.25. The second kappa shape index (κ2) is 4.89. The molecule has 4 heteroatoms. The van der Waals surface area contributed by atoms with Crippen molar-refractivity contribution in [2.75, 3.05) is 0 Å². The molecule has 3 aromatic rings. The third-order valence-electron chi connectivity index (χ3n) is 2.97. The van der Waals surface area contributed by atoms with Gasteiger partial charge in [-0.15, -0.1) is 0 Å². The molecular weight excluding hydrogens is 283 g/mol. The maximum atomic E-state index is 10.3. The number of halogens is 2. The van der Waals surface area contributed by atoms with E-state index in [4.69, 9.17) is 27.6 Å². The normalized spacial score (nSPS) is 12.8. The van der Waals surface area contributed by atoms with Crippen LogP contribution in [0.25, 0.3) is 11.0 Å². The summed E-state index contributed by atoms with van der Waals surface area (Å²) in [6, 6.07) is 14.2. The van der Waals surface area contributed by atoms with E-state index in [-0.39, 0.29) is 0 Å². The third kappa shape index (κ3) is 2.35. The smallest absolute Gasteiger partial charge is 0.138 e. The Morgan fingerprint density at radius 1 is 1.00 bits per heavy atom. The van der Waals surface area contributed by atoms with Crippen LogP contribution in [0.4, 0.5) is 0 Å². The largest absolute Gasteiger partial charge is 0.458 e. The zero-order chi connectivity index (χ0) is 13.4. The minimum Gasteiger partial charge on any atom is -0.458 e. The number of rotatable bonds is 2. The molecule has 0 radical (unpaired) electrons. The van der Waals surface area contributed by atoms with Gasteiger partial charge in [0, 0.05) is 21.0 Å². The Morgan fingerprint density at radius 2 is 1.79 bits per heavy atom. The van der Waals surface area contributed by atoms with Gasteiger partial charge in [0.05, 0.1) is 0 Å². The van der Waals surface area contributed by atoms with Gasteiger partial charge in [-0.2, -0.15) is 0 Å². The minimum atomic E-state index is -0.889. The van der Waals surface area contributed by atoms with Crippen LogP contribution in [0.5, 0.6) is 0 Å². The summed E-state index contributed by atoms with van der Waals surface area (Å²) < 4.78 is 5.63. The van der Waals surface area contributed by atoms with Crippen molar-refractivity contribution >= 4 is 34.2 Å². The Morgan fingerprint density at radius 3 is 2.58 bits per heavy atom. The molecule has 0 fully saturated rings. The highest BCUT2D eigenvalue weighted by Gasteiger charge is 2.17. The van der Waals surface area contributed by atoms with Crippen LogP contribution in [-0.4, -0.2) is 5.11 Å². The van der Waals surface area contributed by atoms with E-state index in [1.165, 1.54) is 0 Å². The number of aliphatic hydroxyl groups is 1. The molecule has 1 N–H and O–H groups in total. The third-order valence-corrected chi connectivity index (χ3v) is 3.55. The lowest BCUT2D eigenvalue weighted by Crippen LogP contribution is -1.98. The van der Waals surface area contributed by atoms with Crippen molar-refractivity contribution < 1.29 is 9.52 Å². The fourth-order valence-corrected chi connectivity index (χ4v) is 2.44. The van der Waals surface area contributed by atoms with Crippen LogP contribution in [0, 0.1) is 0 Å². The van der Waals surface area contributed by atoms with Crippen molar-refractivity contribution in [2.24, 2.45) is 0 Å². The van der Waals surface area contributed by atoms with Crippen LogP contribution < -0.4 is 0 Å². The fraction of sp³-hybridized carbons (Fsp3) is 0.0667. The van der Waals surface area contributed by atoms with Crippen molar-refractivity contribution in [1.82, 2.24) is 0 Å². The van der Waals surface area contributed by atoms with Crippen LogP contribution in [0.1, 0.15) is 17.4 Å². The molecule has 1 heterocycles. The van der Waals surface area contributed by atoms with Crippen LogP contribution in [-0.2, 0) is 0 Å². The molecule has 0 bridgehead atoms. The molecule has 19 heavy (non-hydrogen) atoms. The first-order valence-corrected chi connectivity index (χ1v) is 6.52. The zero-order valence-corrected chi connectivity index (χ0v) is 11.3. The highest BCUT2D eigenvalue weighted by molar-refractivity contribution is 6.31. The highest BCUT2D eigenvalue weighted by atomic mass is 35.5. The number of furan rings is 1. The topological polar surface area (TPSA) is 33.4 Å². The highest BCUT2D eigenvalue weighted by Crippen LogP contribution is 2.32. The molecule has 3 rings (SSSR count). The van der Waals surface area contributed by atoms with E-state index < -0.39 is 6.10 Å². The molecule has 1 unspecified atom stereocenters. The second-order valence-corrected chi connectivity index (χ2v) is 5.10. The SMILES string of the molecule is OC(c1cc2cc(Cl)ccc2o1)c1ccccc1Cl. The lowest BCUT2D eigenvalue weighted by molar-refractivity contribution is 0.192. The molecule has 0 saturated heterocycles. The molecule has 0 spiro atoms. The van der Waals surface area contributed by atoms with Gasteiger partial charge in [0.15, 0.2) is 0 Å². The van der Waals surface area contributed by atoms with Crippen molar-refractivity contribution in [3.63, 3.8) is 0 Å². The Kier molecular flexibility index (Phi) is 3.23. The van der Waals surface area contributed by atoms with E-state index >= 15 is 0 Å². The molecule has 2 nitrogen and oxygen atoms in total. The molecule has 96 valence electrons. The number of hydrogen-bond acceptors (Lipinski definition) is 2. The van der Waals surface area contributed by atoms with Gasteiger partial charge < -0.3 is 9.52 Å². The van der Waals surface area contributed by atoms with Gasteiger partial charge in [0.1, 0.15) is 17.4 Å². The number of fused-ring (bicyclic) bond motifs is 1. The predicted molar refractivity (Wildman–Crippen MR) is 76.7 cm³/mol. The predicted octanol–water partition coefficient (Wildman–Crippen LogP) is 4.82. The van der Waals surface area contributed by atoms with Crippen LogP contribution in [0.15, 0.2) is 52.9 Å². The summed E-state index contributed by atoms with van der Waals surface area (Å²) in [6.45, 7) is 0. The van der Waals surface area contributed by atoms with E-state index in [0.29, 0.717) is 27.0 Å². The van der Waals surface area contributed by atoms with Gasteiger partial charge in [-0.25, -0.2) is 0 Å². The number of aliphatic hydroxyl groups excluding tert-OH is 1. The van der Waals surface area contributed by atoms with Gasteiger partial charge in [0.25, 0.3) is 0 Å². The first-order valence-electron chi connectivity index (χ1n) is 5.76. The fourth-order valence-electron chi connectivity index (χ4n) is 2.02. The molecule has 0 aliphatic heterocycles. The first-order chi connectivity index (χ1) is 9.15. The summed E-state index contributed by atoms with van der Waals surface area (Å²) >= 11 is 12.0. The summed E-state index contributed by atoms with van der Waals surface area (Å²) in [7, 11) is 0. The van der Waals surface area contributed by atoms with Crippen molar-refractivity contribution in [1.29, 1.82) is 0 Å². The van der Waals surface area contributed by atoms with E-state index in [2.05, 4.69) is 0 Å². The van der Waals surface area contributed by atoms with Gasteiger partial charge >= 0.3 is 0 Å². The van der Waals surface area contributed by atoms with Crippen LogP contribution in [0.2, 0.25) is 10.0 Å². The molecule has 1 aromatic heterocycles. The van der Waals surface area contributed by atoms with Crippen LogP contribution >= 0.6 is 23.2 Å². The summed E-state index contributed by atoms with van der Waals surface area (Å²) in [4.78, 5) is 0. The Bertz CT molecular complexity index is 734. The minimum absolute atomic E-state index is 0.449. The summed E-state index contributed by atoms with van der Waals surface area (Å²) in [5.41, 5.74) is 1.31. The molecule has 0 amide bonds. The Labute approximate surface area is 120 Å². The zero-order valence-electron chi connectivity index (χ0n) is 9.81. The average Bonchev–Trinajstić information content (AvgIpc) is 2.81. The Balaban J connectivity index is 2.07.